The summed E-state index contributed by atoms with van der Waals surface area (Å²) >= 11 is 0. The van der Waals surface area contributed by atoms with E-state index in [0.29, 0.717) is 5.57 Å². The summed E-state index contributed by atoms with van der Waals surface area (Å²) in [4.78, 5) is 3.37. The summed E-state index contributed by atoms with van der Waals surface area (Å²) in [7, 11) is 0. The minimum atomic E-state index is 0.431. The van der Waals surface area contributed by atoms with E-state index in [2.05, 4.69) is 18.3 Å². The topological polar surface area (TPSA) is 36.1 Å². The number of hydrogen-bond acceptors (Lipinski definition) is 2. The number of hydrogen-bond donors (Lipinski definition) is 0. The molecular weight excluding hydrogens is 124 g/mol. The molecule has 54 valence electrons. The van der Waals surface area contributed by atoms with Crippen LogP contribution in [0.15, 0.2) is 29.4 Å². The van der Waals surface area contributed by atoms with Crippen LogP contribution in [0.3, 0.4) is 0 Å². The van der Waals surface area contributed by atoms with Crippen molar-refractivity contribution in [3.63, 3.8) is 0 Å². The molecule has 0 rings (SSSR count). The van der Waals surface area contributed by atoms with E-state index < -0.39 is 0 Å². The Kier molecular flexibility index (Phi) is 12.1. The predicted molar refractivity (Wildman–Crippen MR) is 44.8 cm³/mol. The first-order chi connectivity index (χ1) is 4.85. The molecule has 0 atom stereocenters. The van der Waals surface area contributed by atoms with E-state index in [1.54, 1.807) is 0 Å². The molecule has 0 bridgehead atoms. The van der Waals surface area contributed by atoms with Crippen molar-refractivity contribution in [2.45, 2.75) is 13.8 Å². The molecule has 0 spiro atoms. The molecule has 0 aliphatic carbocycles. The van der Waals surface area contributed by atoms with Crippen molar-refractivity contribution >= 4 is 6.72 Å². The van der Waals surface area contributed by atoms with Crippen LogP contribution in [0.2, 0.25) is 0 Å². The minimum absolute atomic E-state index is 0.431. The number of nitrogens with zero attached hydrogens (tertiary/aromatic N) is 2. The van der Waals surface area contributed by atoms with Gasteiger partial charge in [0.05, 0.1) is 5.57 Å². The van der Waals surface area contributed by atoms with Gasteiger partial charge in [0.1, 0.15) is 6.07 Å². The fourth-order valence-corrected chi connectivity index (χ4v) is 0.226. The highest BCUT2D eigenvalue weighted by atomic mass is 14.6. The minimum Gasteiger partial charge on any atom is -0.271 e. The van der Waals surface area contributed by atoms with Gasteiger partial charge in [-0.05, 0) is 6.72 Å². The summed E-state index contributed by atoms with van der Waals surface area (Å²) in [5.41, 5.74) is 0.431. The van der Waals surface area contributed by atoms with E-state index in [-0.39, 0.29) is 0 Å². The molecule has 0 aromatic rings. The number of rotatable bonds is 2. The summed E-state index contributed by atoms with van der Waals surface area (Å²) < 4.78 is 0. The zero-order valence-electron chi connectivity index (χ0n) is 6.46. The van der Waals surface area contributed by atoms with Crippen LogP contribution in [-0.2, 0) is 0 Å². The van der Waals surface area contributed by atoms with Gasteiger partial charge in [0.25, 0.3) is 0 Å². The lowest BCUT2D eigenvalue weighted by Crippen LogP contribution is -1.64. The Balaban J connectivity index is 0. The van der Waals surface area contributed by atoms with Crippen LogP contribution in [-0.4, -0.2) is 6.72 Å². The Labute approximate surface area is 62.2 Å². The Morgan fingerprint density at radius 1 is 1.60 bits per heavy atom. The Morgan fingerprint density at radius 3 is 2.20 bits per heavy atom. The normalized spacial score (nSPS) is 8.30. The van der Waals surface area contributed by atoms with Crippen molar-refractivity contribution in [2.24, 2.45) is 4.99 Å². The van der Waals surface area contributed by atoms with Crippen LogP contribution in [0.25, 0.3) is 0 Å². The predicted octanol–water partition coefficient (Wildman–Crippen LogP) is 2.31. The van der Waals surface area contributed by atoms with Gasteiger partial charge in [-0.2, -0.15) is 5.26 Å². The summed E-state index contributed by atoms with van der Waals surface area (Å²) in [6.45, 7) is 10.5. The van der Waals surface area contributed by atoms with Crippen LogP contribution in [0.4, 0.5) is 0 Å². The van der Waals surface area contributed by atoms with E-state index in [0.717, 1.165) is 0 Å². The third kappa shape index (κ3) is 6.64. The molecule has 2 heteroatoms. The molecule has 0 fully saturated rings. The van der Waals surface area contributed by atoms with Crippen molar-refractivity contribution in [1.29, 1.82) is 5.26 Å². The summed E-state index contributed by atoms with van der Waals surface area (Å²) in [6.07, 6.45) is 2.78. The van der Waals surface area contributed by atoms with Gasteiger partial charge < -0.3 is 0 Å². The van der Waals surface area contributed by atoms with Gasteiger partial charge in [-0.15, -0.1) is 0 Å². The first-order valence-corrected chi connectivity index (χ1v) is 3.03. The smallest absolute Gasteiger partial charge is 0.101 e. The van der Waals surface area contributed by atoms with Gasteiger partial charge in [0.2, 0.25) is 0 Å². The lowest BCUT2D eigenvalue weighted by molar-refractivity contribution is 1.47. The zero-order chi connectivity index (χ0) is 8.41. The summed E-state index contributed by atoms with van der Waals surface area (Å²) in [6, 6.07) is 1.86. The SMILES string of the molecule is C=C/C(C#N)=C\N=C.CC. The first-order valence-electron chi connectivity index (χ1n) is 3.03. The third-order valence-electron chi connectivity index (χ3n) is 0.579. The monoisotopic (exact) mass is 136 g/mol. The standard InChI is InChI=1S/C6H6N2.C2H6/c1-3-6(4-7)5-8-2;1-2/h3,5H,1-2H2;1-2H3/b6-5+;. The molecule has 0 aromatic heterocycles. The van der Waals surface area contributed by atoms with Crippen LogP contribution < -0.4 is 0 Å². The highest BCUT2D eigenvalue weighted by Crippen LogP contribution is 1.90. The zero-order valence-corrected chi connectivity index (χ0v) is 6.46. The largest absolute Gasteiger partial charge is 0.271 e. The molecule has 0 unspecified atom stereocenters. The van der Waals surface area contributed by atoms with E-state index in [1.165, 1.54) is 12.3 Å². The van der Waals surface area contributed by atoms with Gasteiger partial charge in [0.15, 0.2) is 0 Å². The third-order valence-corrected chi connectivity index (χ3v) is 0.579. The van der Waals surface area contributed by atoms with Gasteiger partial charge in [-0.3, -0.25) is 4.99 Å². The second-order valence-electron chi connectivity index (χ2n) is 1.08. The highest BCUT2D eigenvalue weighted by molar-refractivity contribution is 5.34. The van der Waals surface area contributed by atoms with E-state index in [1.807, 2.05) is 19.9 Å². The molecule has 0 saturated heterocycles. The van der Waals surface area contributed by atoms with Crippen molar-refractivity contribution < 1.29 is 0 Å². The van der Waals surface area contributed by atoms with E-state index in [4.69, 9.17) is 5.26 Å². The van der Waals surface area contributed by atoms with Crippen molar-refractivity contribution in [1.82, 2.24) is 0 Å². The Hall–Kier alpha value is -1.36. The number of aliphatic imine (C=N–C) groups is 1. The first kappa shape index (κ1) is 11.4. The molecule has 0 N–H and O–H groups in total. The highest BCUT2D eigenvalue weighted by Gasteiger charge is 1.79. The quantitative estimate of drug-likeness (QED) is 0.326. The molecule has 10 heavy (non-hydrogen) atoms. The fraction of sp³-hybridized carbons (Fsp3) is 0.250. The molecule has 0 radical (unpaired) electrons. The Bertz CT molecular complexity index is 161. The van der Waals surface area contributed by atoms with Crippen LogP contribution in [0.1, 0.15) is 13.8 Å². The van der Waals surface area contributed by atoms with Crippen molar-refractivity contribution in [3.8, 4) is 6.07 Å². The van der Waals surface area contributed by atoms with Gasteiger partial charge in [-0.1, -0.05) is 26.5 Å². The van der Waals surface area contributed by atoms with E-state index in [9.17, 15) is 0 Å². The number of nitriles is 1. The van der Waals surface area contributed by atoms with Crippen LogP contribution in [0, 0.1) is 11.3 Å². The number of allylic oxidation sites excluding steroid dienone is 2. The maximum atomic E-state index is 8.18. The van der Waals surface area contributed by atoms with Gasteiger partial charge >= 0.3 is 0 Å². The van der Waals surface area contributed by atoms with Gasteiger partial charge in [-0.25, -0.2) is 0 Å². The molecule has 0 aromatic carbocycles. The second-order valence-corrected chi connectivity index (χ2v) is 1.08. The average molecular weight is 136 g/mol. The summed E-state index contributed by atoms with van der Waals surface area (Å²) in [5, 5.41) is 8.18. The second kappa shape index (κ2) is 10.6. The lowest BCUT2D eigenvalue weighted by atomic mass is 10.3. The van der Waals surface area contributed by atoms with Crippen LogP contribution in [0.5, 0.6) is 0 Å². The fourth-order valence-electron chi connectivity index (χ4n) is 0.226. The molecule has 0 saturated carbocycles. The lowest BCUT2D eigenvalue weighted by Gasteiger charge is -1.76. The summed E-state index contributed by atoms with van der Waals surface area (Å²) in [5.74, 6) is 0. The maximum Gasteiger partial charge on any atom is 0.101 e. The molecule has 0 aliphatic rings. The molecule has 0 amide bonds. The van der Waals surface area contributed by atoms with E-state index >= 15 is 0 Å². The Morgan fingerprint density at radius 2 is 2.10 bits per heavy atom. The van der Waals surface area contributed by atoms with Crippen LogP contribution >= 0.6 is 0 Å². The molecule has 0 heterocycles. The maximum absolute atomic E-state index is 8.18. The average Bonchev–Trinajstić information content (AvgIpc) is 2.04. The van der Waals surface area contributed by atoms with Gasteiger partial charge in [0, 0.05) is 6.20 Å². The molecule has 0 aliphatic heterocycles. The molecule has 2 nitrogen and oxygen atoms in total. The molecular formula is C8H12N2. The van der Waals surface area contributed by atoms with Crippen molar-refractivity contribution in [3.05, 3.63) is 24.4 Å². The van der Waals surface area contributed by atoms with Crippen molar-refractivity contribution in [2.75, 3.05) is 0 Å².